The Morgan fingerprint density at radius 3 is 2.15 bits per heavy atom. The number of ether oxygens (including phenoxy) is 3. The first-order chi connectivity index (χ1) is 15.4. The van der Waals surface area contributed by atoms with Gasteiger partial charge < -0.3 is 18.6 Å². The lowest BCUT2D eigenvalue weighted by atomic mass is 10.0. The molecule has 0 fully saturated rings. The van der Waals surface area contributed by atoms with E-state index in [0.29, 0.717) is 11.1 Å². The van der Waals surface area contributed by atoms with Crippen LogP contribution in [0.1, 0.15) is 42.6 Å². The van der Waals surface area contributed by atoms with Crippen LogP contribution >= 0.6 is 0 Å². The normalized spacial score (nSPS) is 11.4. The molecule has 0 unspecified atom stereocenters. The van der Waals surface area contributed by atoms with E-state index in [1.807, 2.05) is 0 Å². The molecule has 0 radical (unpaired) electrons. The maximum absolute atomic E-state index is 15.0. The fourth-order valence-corrected chi connectivity index (χ4v) is 3.20. The Morgan fingerprint density at radius 2 is 1.64 bits per heavy atom. The molecule has 0 bridgehead atoms. The van der Waals surface area contributed by atoms with Gasteiger partial charge in [0.2, 0.25) is 5.78 Å². The summed E-state index contributed by atoms with van der Waals surface area (Å²) < 4.78 is 50.9. The molecule has 3 rings (SSSR count). The van der Waals surface area contributed by atoms with Gasteiger partial charge in [-0.15, -0.1) is 0 Å². The number of furan rings is 1. The van der Waals surface area contributed by atoms with Crippen molar-refractivity contribution in [3.05, 3.63) is 47.0 Å². The summed E-state index contributed by atoms with van der Waals surface area (Å²) in [6.07, 6.45) is 0.560. The molecule has 0 N–H and O–H groups in total. The first-order valence-electron chi connectivity index (χ1n) is 9.90. The van der Waals surface area contributed by atoms with E-state index >= 15 is 8.78 Å². The summed E-state index contributed by atoms with van der Waals surface area (Å²) >= 11 is 0. The molecule has 1 aromatic carbocycles. The third-order valence-corrected chi connectivity index (χ3v) is 4.70. The number of carbonyl (C=O) groups excluding carboxylic acids is 2. The topological polar surface area (TPSA) is 91.1 Å². The zero-order valence-corrected chi connectivity index (χ0v) is 19.3. The molecule has 8 nitrogen and oxygen atoms in total. The molecule has 0 atom stereocenters. The molecule has 0 saturated heterocycles. The molecule has 2 heterocycles. The Hall–Kier alpha value is -3.69. The Balaban J connectivity index is 2.27. The first kappa shape index (κ1) is 24.0. The van der Waals surface area contributed by atoms with E-state index < -0.39 is 51.9 Å². The lowest BCUT2D eigenvalue weighted by Crippen LogP contribution is -2.34. The maximum atomic E-state index is 15.0. The average molecular weight is 462 g/mol. The number of methoxy groups -OCH3 is 2. The van der Waals surface area contributed by atoms with Crippen molar-refractivity contribution in [1.82, 2.24) is 4.98 Å². The van der Waals surface area contributed by atoms with Gasteiger partial charge in [0.25, 0.3) is 0 Å². The van der Waals surface area contributed by atoms with Gasteiger partial charge in [0.1, 0.15) is 16.9 Å². The molecule has 176 valence electrons. The first-order valence-corrected chi connectivity index (χ1v) is 9.90. The minimum Gasteiger partial charge on any atom is -0.494 e. The molecular weight excluding hydrogens is 438 g/mol. The van der Waals surface area contributed by atoms with Gasteiger partial charge in [-0.25, -0.2) is 13.6 Å². The number of aryl methyl sites for hydroxylation is 1. The van der Waals surface area contributed by atoms with Crippen LogP contribution in [0.5, 0.6) is 11.5 Å². The van der Waals surface area contributed by atoms with Gasteiger partial charge in [0.05, 0.1) is 20.4 Å². The number of pyridine rings is 1. The summed E-state index contributed by atoms with van der Waals surface area (Å²) in [6, 6.07) is 2.58. The van der Waals surface area contributed by atoms with Gasteiger partial charge in [0, 0.05) is 24.2 Å². The monoisotopic (exact) mass is 462 g/mol. The number of rotatable bonds is 5. The van der Waals surface area contributed by atoms with Crippen molar-refractivity contribution in [2.24, 2.45) is 0 Å². The zero-order valence-electron chi connectivity index (χ0n) is 19.3. The lowest BCUT2D eigenvalue weighted by molar-refractivity contribution is 0.0589. The molecule has 0 saturated carbocycles. The molecule has 0 aliphatic carbocycles. The van der Waals surface area contributed by atoms with Gasteiger partial charge in [0.15, 0.2) is 34.5 Å². The fourth-order valence-electron chi connectivity index (χ4n) is 3.20. The SMILES string of the molecule is COc1cc(OC)c(F)c(C(=O)c2oc3cnc(C)cc3c2N(C)C(=O)OC(C)(C)C)c1F. The number of nitrogens with zero attached hydrogens (tertiary/aromatic N) is 2. The minimum absolute atomic E-state index is 0.0182. The molecule has 0 spiro atoms. The second-order valence-corrected chi connectivity index (χ2v) is 8.25. The van der Waals surface area contributed by atoms with Crippen LogP contribution in [0, 0.1) is 18.6 Å². The number of amides is 1. The van der Waals surface area contributed by atoms with Gasteiger partial charge in [-0.1, -0.05) is 0 Å². The fraction of sp³-hybridized carbons (Fsp3) is 0.348. The number of ketones is 1. The van der Waals surface area contributed by atoms with Crippen molar-refractivity contribution in [2.45, 2.75) is 33.3 Å². The number of hydrogen-bond donors (Lipinski definition) is 0. The third-order valence-electron chi connectivity index (χ3n) is 4.70. The Labute approximate surface area is 189 Å². The van der Waals surface area contributed by atoms with E-state index in [1.165, 1.54) is 27.5 Å². The molecule has 3 aromatic rings. The number of fused-ring (bicyclic) bond motifs is 1. The molecule has 33 heavy (non-hydrogen) atoms. The predicted octanol–water partition coefficient (Wildman–Crippen LogP) is 5.03. The molecule has 2 aromatic heterocycles. The smallest absolute Gasteiger partial charge is 0.414 e. The van der Waals surface area contributed by atoms with Crippen molar-refractivity contribution >= 4 is 28.5 Å². The molecule has 0 aliphatic rings. The summed E-state index contributed by atoms with van der Waals surface area (Å²) in [4.78, 5) is 31.4. The largest absolute Gasteiger partial charge is 0.494 e. The predicted molar refractivity (Wildman–Crippen MR) is 116 cm³/mol. The summed E-state index contributed by atoms with van der Waals surface area (Å²) in [5, 5.41) is 0.342. The highest BCUT2D eigenvalue weighted by Gasteiger charge is 2.34. The Bertz CT molecular complexity index is 1220. The van der Waals surface area contributed by atoms with Crippen molar-refractivity contribution in [2.75, 3.05) is 26.2 Å². The van der Waals surface area contributed by atoms with Crippen LogP contribution in [0.15, 0.2) is 22.7 Å². The van der Waals surface area contributed by atoms with E-state index in [0.717, 1.165) is 11.0 Å². The van der Waals surface area contributed by atoms with Gasteiger partial charge >= 0.3 is 6.09 Å². The number of carbonyl (C=O) groups is 2. The highest BCUT2D eigenvalue weighted by molar-refractivity contribution is 6.17. The van der Waals surface area contributed by atoms with Crippen molar-refractivity contribution in [3.63, 3.8) is 0 Å². The van der Waals surface area contributed by atoms with Crippen LogP contribution in [0.2, 0.25) is 0 Å². The zero-order chi connectivity index (χ0) is 24.7. The van der Waals surface area contributed by atoms with E-state index in [1.54, 1.807) is 33.8 Å². The van der Waals surface area contributed by atoms with Crippen molar-refractivity contribution < 1.29 is 37.0 Å². The van der Waals surface area contributed by atoms with Gasteiger partial charge in [-0.2, -0.15) is 0 Å². The lowest BCUT2D eigenvalue weighted by Gasteiger charge is -2.24. The number of hydrogen-bond acceptors (Lipinski definition) is 7. The second-order valence-electron chi connectivity index (χ2n) is 8.25. The van der Waals surface area contributed by atoms with E-state index in [2.05, 4.69) is 4.98 Å². The summed E-state index contributed by atoms with van der Waals surface area (Å²) in [7, 11) is 3.70. The summed E-state index contributed by atoms with van der Waals surface area (Å²) in [5.41, 5.74) is -1.08. The maximum Gasteiger partial charge on any atom is 0.414 e. The van der Waals surface area contributed by atoms with E-state index in [4.69, 9.17) is 18.6 Å². The molecular formula is C23H24F2N2O6. The molecule has 0 aliphatic heterocycles. The highest BCUT2D eigenvalue weighted by Crippen LogP contribution is 2.39. The number of benzene rings is 1. The summed E-state index contributed by atoms with van der Waals surface area (Å²) in [5.74, 6) is -4.89. The van der Waals surface area contributed by atoms with E-state index in [9.17, 15) is 9.59 Å². The van der Waals surface area contributed by atoms with Crippen LogP contribution in [0.25, 0.3) is 11.0 Å². The highest BCUT2D eigenvalue weighted by atomic mass is 19.1. The molecule has 1 amide bonds. The number of halogens is 2. The van der Waals surface area contributed by atoms with Gasteiger partial charge in [-0.05, 0) is 33.8 Å². The van der Waals surface area contributed by atoms with E-state index in [-0.39, 0.29) is 11.3 Å². The van der Waals surface area contributed by atoms with Crippen LogP contribution in [-0.2, 0) is 4.74 Å². The summed E-state index contributed by atoms with van der Waals surface area (Å²) in [6.45, 7) is 6.75. The van der Waals surface area contributed by atoms with Gasteiger partial charge in [-0.3, -0.25) is 14.7 Å². The Morgan fingerprint density at radius 1 is 1.06 bits per heavy atom. The van der Waals surface area contributed by atoms with Crippen LogP contribution in [-0.4, -0.2) is 43.7 Å². The van der Waals surface area contributed by atoms with Crippen molar-refractivity contribution in [3.8, 4) is 11.5 Å². The quantitative estimate of drug-likeness (QED) is 0.491. The number of aromatic nitrogens is 1. The Kier molecular flexibility index (Phi) is 6.31. The molecule has 10 heteroatoms. The second kappa shape index (κ2) is 8.68. The number of anilines is 1. The minimum atomic E-state index is -1.23. The van der Waals surface area contributed by atoms with Crippen molar-refractivity contribution in [1.29, 1.82) is 0 Å². The van der Waals surface area contributed by atoms with Crippen LogP contribution in [0.3, 0.4) is 0 Å². The third kappa shape index (κ3) is 4.46. The standard InChI is InChI=1S/C23H24F2N2O6/c1-11-8-12-15(10-26-11)32-21(19(12)27(5)22(29)33-23(2,3)4)20(28)16-17(24)13(30-6)9-14(31-7)18(16)25/h8-10H,1-7H3. The van der Waals surface area contributed by atoms with Crippen LogP contribution < -0.4 is 14.4 Å². The average Bonchev–Trinajstić information content (AvgIpc) is 3.10. The van der Waals surface area contributed by atoms with Crippen LogP contribution in [0.4, 0.5) is 19.3 Å².